The quantitative estimate of drug-likeness (QED) is 0.551. The Kier molecular flexibility index (Phi) is 7.65. The summed E-state index contributed by atoms with van der Waals surface area (Å²) in [6.45, 7) is 0.376. The van der Waals surface area contributed by atoms with Crippen LogP contribution in [-0.4, -0.2) is 35.6 Å². The number of halogens is 2. The topological polar surface area (TPSA) is 52.6 Å². The van der Waals surface area contributed by atoms with Gasteiger partial charge in [0.1, 0.15) is 11.6 Å². The second-order valence-corrected chi connectivity index (χ2v) is 6.94. The first-order valence-corrected chi connectivity index (χ1v) is 9.78. The lowest BCUT2D eigenvalue weighted by molar-refractivity contribution is -0.117. The maximum absolute atomic E-state index is 13.9. The van der Waals surface area contributed by atoms with Crippen molar-refractivity contribution >= 4 is 11.6 Å². The molecule has 0 atom stereocenters. The summed E-state index contributed by atoms with van der Waals surface area (Å²) in [5.74, 6) is -1.79. The number of aliphatic hydroxyl groups is 1. The van der Waals surface area contributed by atoms with E-state index in [0.29, 0.717) is 13.0 Å². The Morgan fingerprint density at radius 1 is 0.933 bits per heavy atom. The number of hydrogen-bond donors (Lipinski definition) is 2. The summed E-state index contributed by atoms with van der Waals surface area (Å²) in [7, 11) is 0. The number of carbonyl (C=O) groups is 1. The molecule has 0 spiro atoms. The van der Waals surface area contributed by atoms with Gasteiger partial charge in [-0.1, -0.05) is 60.7 Å². The monoisotopic (exact) mass is 410 g/mol. The van der Waals surface area contributed by atoms with Crippen LogP contribution in [0.4, 0.5) is 14.5 Å². The van der Waals surface area contributed by atoms with Gasteiger partial charge in [-0.3, -0.25) is 9.69 Å². The first kappa shape index (κ1) is 21.6. The molecular weight excluding hydrogens is 386 g/mol. The number of aliphatic hydroxyl groups excluding tert-OH is 1. The van der Waals surface area contributed by atoms with Crippen LogP contribution < -0.4 is 5.32 Å². The maximum atomic E-state index is 13.9. The van der Waals surface area contributed by atoms with Crippen molar-refractivity contribution in [2.75, 3.05) is 25.0 Å². The Hall–Kier alpha value is -3.09. The highest BCUT2D eigenvalue weighted by atomic mass is 19.1. The molecular formula is C24H24F2N2O2. The van der Waals surface area contributed by atoms with Gasteiger partial charge in [-0.05, 0) is 29.7 Å². The highest BCUT2D eigenvalue weighted by Gasteiger charge is 2.24. The molecule has 0 unspecified atom stereocenters. The third-order valence-electron chi connectivity index (χ3n) is 4.75. The second kappa shape index (κ2) is 10.6. The zero-order valence-corrected chi connectivity index (χ0v) is 16.5. The molecule has 0 aromatic heterocycles. The molecule has 0 aliphatic rings. The van der Waals surface area contributed by atoms with Gasteiger partial charge >= 0.3 is 0 Å². The van der Waals surface area contributed by atoms with Crippen molar-refractivity contribution in [2.24, 2.45) is 0 Å². The molecule has 1 amide bonds. The molecule has 4 nitrogen and oxygen atoms in total. The van der Waals surface area contributed by atoms with Crippen molar-refractivity contribution in [3.8, 4) is 0 Å². The minimum atomic E-state index is -0.700. The molecule has 2 N–H and O–H groups in total. The van der Waals surface area contributed by atoms with Crippen molar-refractivity contribution in [1.82, 2.24) is 4.90 Å². The number of nitrogens with zero attached hydrogens (tertiary/aromatic N) is 1. The van der Waals surface area contributed by atoms with Crippen molar-refractivity contribution in [3.63, 3.8) is 0 Å². The molecule has 30 heavy (non-hydrogen) atoms. The molecule has 0 fully saturated rings. The van der Waals surface area contributed by atoms with E-state index >= 15 is 0 Å². The van der Waals surface area contributed by atoms with Crippen molar-refractivity contribution in [1.29, 1.82) is 0 Å². The van der Waals surface area contributed by atoms with Crippen LogP contribution in [0.15, 0.2) is 78.9 Å². The van der Waals surface area contributed by atoms with E-state index in [2.05, 4.69) is 5.32 Å². The number of carbonyl (C=O) groups excluding carboxylic acids is 1. The normalized spacial score (nSPS) is 11.1. The maximum Gasteiger partial charge on any atom is 0.238 e. The summed E-state index contributed by atoms with van der Waals surface area (Å²) in [5, 5.41) is 11.8. The lowest BCUT2D eigenvalue weighted by Gasteiger charge is -2.32. The molecule has 6 heteroatoms. The first-order chi connectivity index (χ1) is 14.6. The lowest BCUT2D eigenvalue weighted by atomic mass is 9.96. The minimum Gasteiger partial charge on any atom is -0.396 e. The van der Waals surface area contributed by atoms with E-state index in [9.17, 15) is 18.7 Å². The van der Waals surface area contributed by atoms with Crippen LogP contribution in [0, 0.1) is 11.6 Å². The number of hydrogen-bond acceptors (Lipinski definition) is 3. The van der Waals surface area contributed by atoms with Crippen molar-refractivity contribution in [3.05, 3.63) is 102 Å². The Bertz CT molecular complexity index is 912. The first-order valence-electron chi connectivity index (χ1n) is 9.78. The van der Waals surface area contributed by atoms with E-state index < -0.39 is 17.5 Å². The van der Waals surface area contributed by atoms with Gasteiger partial charge in [0.2, 0.25) is 5.91 Å². The number of anilines is 1. The fourth-order valence-electron chi connectivity index (χ4n) is 3.43. The van der Waals surface area contributed by atoms with E-state index in [4.69, 9.17) is 0 Å². The summed E-state index contributed by atoms with van der Waals surface area (Å²) in [5.41, 5.74) is 1.79. The number of amides is 1. The highest BCUT2D eigenvalue weighted by molar-refractivity contribution is 5.92. The van der Waals surface area contributed by atoms with Crippen molar-refractivity contribution < 1.29 is 18.7 Å². The summed E-state index contributed by atoms with van der Waals surface area (Å²) in [6.07, 6.45) is 0.470. The van der Waals surface area contributed by atoms with Crippen LogP contribution in [0.3, 0.4) is 0 Å². The Labute approximate surface area is 174 Å². The van der Waals surface area contributed by atoms with Gasteiger partial charge in [0, 0.05) is 19.2 Å². The smallest absolute Gasteiger partial charge is 0.238 e. The van der Waals surface area contributed by atoms with Gasteiger partial charge < -0.3 is 10.4 Å². The summed E-state index contributed by atoms with van der Waals surface area (Å²) in [4.78, 5) is 14.6. The van der Waals surface area contributed by atoms with E-state index in [0.717, 1.165) is 29.3 Å². The van der Waals surface area contributed by atoms with Gasteiger partial charge in [-0.2, -0.15) is 0 Å². The second-order valence-electron chi connectivity index (χ2n) is 6.94. The van der Waals surface area contributed by atoms with Gasteiger partial charge in [0.15, 0.2) is 0 Å². The summed E-state index contributed by atoms with van der Waals surface area (Å²) >= 11 is 0. The predicted molar refractivity (Wildman–Crippen MR) is 113 cm³/mol. The molecule has 0 aliphatic carbocycles. The van der Waals surface area contributed by atoms with Gasteiger partial charge in [0.05, 0.1) is 18.3 Å². The van der Waals surface area contributed by atoms with E-state index in [1.165, 1.54) is 0 Å². The van der Waals surface area contributed by atoms with Gasteiger partial charge in [0.25, 0.3) is 0 Å². The Balaban J connectivity index is 1.88. The fourth-order valence-corrected chi connectivity index (χ4v) is 3.43. The zero-order chi connectivity index (χ0) is 21.3. The predicted octanol–water partition coefficient (Wildman–Crippen LogP) is 4.38. The molecule has 3 aromatic rings. The zero-order valence-electron chi connectivity index (χ0n) is 16.5. The highest BCUT2D eigenvalue weighted by Crippen LogP contribution is 2.29. The fraction of sp³-hybridized carbons (Fsp3) is 0.208. The largest absolute Gasteiger partial charge is 0.396 e. The number of benzene rings is 3. The van der Waals surface area contributed by atoms with E-state index in [1.807, 2.05) is 65.6 Å². The molecule has 0 saturated heterocycles. The van der Waals surface area contributed by atoms with Crippen LogP contribution in [0.1, 0.15) is 23.6 Å². The molecule has 0 heterocycles. The SMILES string of the molecule is O=C(CN(CCCO)C(c1ccccc1)c1ccccc1)Nc1cc(F)ccc1F. The van der Waals surface area contributed by atoms with Crippen molar-refractivity contribution in [2.45, 2.75) is 12.5 Å². The Morgan fingerprint density at radius 3 is 2.10 bits per heavy atom. The van der Waals surface area contributed by atoms with Gasteiger partial charge in [-0.15, -0.1) is 0 Å². The van der Waals surface area contributed by atoms with Crippen LogP contribution in [-0.2, 0) is 4.79 Å². The third-order valence-corrected chi connectivity index (χ3v) is 4.75. The Morgan fingerprint density at radius 2 is 1.53 bits per heavy atom. The third kappa shape index (κ3) is 5.72. The van der Waals surface area contributed by atoms with Crippen LogP contribution in [0.25, 0.3) is 0 Å². The average molecular weight is 410 g/mol. The molecule has 0 saturated carbocycles. The average Bonchev–Trinajstić information content (AvgIpc) is 2.76. The molecule has 156 valence electrons. The van der Waals surface area contributed by atoms with Crippen LogP contribution in [0.5, 0.6) is 0 Å². The van der Waals surface area contributed by atoms with Gasteiger partial charge in [-0.25, -0.2) is 8.78 Å². The van der Waals surface area contributed by atoms with E-state index in [-0.39, 0.29) is 24.9 Å². The lowest BCUT2D eigenvalue weighted by Crippen LogP contribution is -2.38. The summed E-state index contributed by atoms with van der Waals surface area (Å²) in [6, 6.07) is 22.2. The number of rotatable bonds is 9. The molecule has 0 bridgehead atoms. The molecule has 0 radical (unpaired) electrons. The van der Waals surface area contributed by atoms with Crippen LogP contribution in [0.2, 0.25) is 0 Å². The number of nitrogens with one attached hydrogen (secondary N) is 1. The van der Waals surface area contributed by atoms with E-state index in [1.54, 1.807) is 0 Å². The molecule has 3 rings (SSSR count). The molecule has 0 aliphatic heterocycles. The minimum absolute atomic E-state index is 0.0209. The van der Waals surface area contributed by atoms with Crippen LogP contribution >= 0.6 is 0 Å². The standard InChI is InChI=1S/C24H24F2N2O2/c25-20-12-13-21(26)22(16-20)27-23(30)17-28(14-7-15-29)24(18-8-3-1-4-9-18)19-10-5-2-6-11-19/h1-6,8-13,16,24,29H,7,14-15,17H2,(H,27,30). The summed E-state index contributed by atoms with van der Waals surface area (Å²) < 4.78 is 27.4. The molecule has 3 aromatic carbocycles.